The highest BCUT2D eigenvalue weighted by atomic mass is 35.5. The third-order valence-corrected chi connectivity index (χ3v) is 6.57. The summed E-state index contributed by atoms with van der Waals surface area (Å²) in [5.74, 6) is -1.00. The van der Waals surface area contributed by atoms with Crippen molar-refractivity contribution < 1.29 is 43.2 Å². The molecule has 0 atom stereocenters. The van der Waals surface area contributed by atoms with Crippen molar-refractivity contribution in [3.05, 3.63) is 0 Å². The van der Waals surface area contributed by atoms with Crippen molar-refractivity contribution in [2.45, 2.75) is 22.0 Å². The van der Waals surface area contributed by atoms with Crippen LogP contribution in [0.4, 0.5) is 26.3 Å². The second-order valence-corrected chi connectivity index (χ2v) is 7.81. The smallest absolute Gasteiger partial charge is 0.218 e. The first-order valence-corrected chi connectivity index (χ1v) is 7.48. The topological polar surface area (TPSA) is 68.3 Å². The maximum Gasteiger partial charge on any atom is 0.498 e. The quantitative estimate of drug-likeness (QED) is 0.577. The second kappa shape index (κ2) is 5.04. The summed E-state index contributed by atoms with van der Waals surface area (Å²) >= 11 is 4.84. The predicted octanol–water partition coefficient (Wildman–Crippen LogP) is 1.81. The molecule has 0 spiro atoms. The lowest BCUT2D eigenvalue weighted by molar-refractivity contribution is -0.0471. The number of rotatable bonds is 4. The van der Waals surface area contributed by atoms with Crippen LogP contribution in [0.15, 0.2) is 0 Å². The normalized spacial score (nSPS) is 15.1. The first-order chi connectivity index (χ1) is 7.69. The molecule has 0 fully saturated rings. The molecule has 0 aromatic heterocycles. The van der Waals surface area contributed by atoms with Crippen molar-refractivity contribution in [2.75, 3.05) is 5.88 Å². The first-order valence-electron chi connectivity index (χ1n) is 3.86. The van der Waals surface area contributed by atoms with Crippen LogP contribution in [0.5, 0.6) is 0 Å². The zero-order valence-corrected chi connectivity index (χ0v) is 10.5. The van der Waals surface area contributed by atoms with Crippen molar-refractivity contribution in [3.8, 4) is 0 Å². The van der Waals surface area contributed by atoms with Gasteiger partial charge >= 0.3 is 11.0 Å². The van der Waals surface area contributed by atoms with Crippen LogP contribution in [0.1, 0.15) is 6.42 Å². The van der Waals surface area contributed by atoms with E-state index in [0.717, 1.165) is 0 Å². The first kappa shape index (κ1) is 17.8. The predicted molar refractivity (Wildman–Crippen MR) is 49.1 cm³/mol. The molecule has 0 amide bonds. The molecule has 4 nitrogen and oxygen atoms in total. The fourth-order valence-corrected chi connectivity index (χ4v) is 4.78. The van der Waals surface area contributed by atoms with Crippen LogP contribution in [-0.2, 0) is 19.7 Å². The zero-order chi connectivity index (χ0) is 15.0. The van der Waals surface area contributed by atoms with Crippen LogP contribution in [0, 0.1) is 0 Å². The monoisotopic (exact) mass is 342 g/mol. The van der Waals surface area contributed by atoms with E-state index in [1.54, 1.807) is 0 Å². The van der Waals surface area contributed by atoms with Crippen molar-refractivity contribution in [3.63, 3.8) is 0 Å². The van der Waals surface area contributed by atoms with Gasteiger partial charge in [-0.25, -0.2) is 16.8 Å². The molecule has 0 saturated heterocycles. The van der Waals surface area contributed by atoms with Gasteiger partial charge in [-0.05, 0) is 6.42 Å². The van der Waals surface area contributed by atoms with Crippen molar-refractivity contribution in [2.24, 2.45) is 0 Å². The van der Waals surface area contributed by atoms with Gasteiger partial charge in [-0.1, -0.05) is 0 Å². The molecule has 0 bridgehead atoms. The van der Waals surface area contributed by atoms with E-state index >= 15 is 0 Å². The fraction of sp³-hybridized carbons (Fsp3) is 1.00. The number of hydrogen-bond acceptors (Lipinski definition) is 4. The van der Waals surface area contributed by atoms with Crippen molar-refractivity contribution in [1.29, 1.82) is 0 Å². The van der Waals surface area contributed by atoms with Gasteiger partial charge in [-0.15, -0.1) is 11.6 Å². The second-order valence-electron chi connectivity index (χ2n) is 2.89. The van der Waals surface area contributed by atoms with Crippen LogP contribution >= 0.6 is 11.6 Å². The molecule has 0 radical (unpaired) electrons. The Kier molecular flexibility index (Phi) is 4.97. The summed E-state index contributed by atoms with van der Waals surface area (Å²) in [6.45, 7) is 0. The number of alkyl halides is 7. The molecule has 110 valence electrons. The minimum atomic E-state index is -6.53. The Labute approximate surface area is 103 Å². The van der Waals surface area contributed by atoms with Gasteiger partial charge in [0.1, 0.15) is 0 Å². The van der Waals surface area contributed by atoms with E-state index in [9.17, 15) is 43.2 Å². The molecule has 0 aromatic rings. The standard InChI is InChI=1S/C5H5ClF6O4S2/c6-2-1-3(17(13,14)4(7,8)9)18(15,16)5(10,11)12/h3H,1-2H2. The number of hydrogen-bond donors (Lipinski definition) is 0. The van der Waals surface area contributed by atoms with E-state index in [-0.39, 0.29) is 0 Å². The molecule has 13 heteroatoms. The molecule has 0 rings (SSSR count). The van der Waals surface area contributed by atoms with Crippen LogP contribution in [0.25, 0.3) is 0 Å². The number of halogens is 7. The van der Waals surface area contributed by atoms with E-state index in [1.807, 2.05) is 0 Å². The summed E-state index contributed by atoms with van der Waals surface area (Å²) in [5, 5.41) is 0. The Hall–Kier alpha value is -0.230. The Balaban J connectivity index is 5.95. The largest absolute Gasteiger partial charge is 0.498 e. The van der Waals surface area contributed by atoms with Gasteiger partial charge in [0.15, 0.2) is 4.58 Å². The molecule has 0 saturated carbocycles. The summed E-state index contributed by atoms with van der Waals surface area (Å²) in [7, 11) is -13.1. The van der Waals surface area contributed by atoms with Crippen LogP contribution < -0.4 is 0 Å². The van der Waals surface area contributed by atoms with Gasteiger partial charge in [0, 0.05) is 5.88 Å². The maximum atomic E-state index is 12.1. The van der Waals surface area contributed by atoms with Gasteiger partial charge < -0.3 is 0 Å². The average molecular weight is 343 g/mol. The van der Waals surface area contributed by atoms with Gasteiger partial charge in [-0.2, -0.15) is 26.3 Å². The van der Waals surface area contributed by atoms with Crippen LogP contribution in [-0.4, -0.2) is 38.3 Å². The molecular formula is C5H5ClF6O4S2. The lowest BCUT2D eigenvalue weighted by atomic mass is 10.6. The summed E-state index contributed by atoms with van der Waals surface area (Å²) in [6.07, 6.45) is -1.52. The van der Waals surface area contributed by atoms with Crippen molar-refractivity contribution in [1.82, 2.24) is 0 Å². The lowest BCUT2D eigenvalue weighted by Gasteiger charge is -2.19. The highest BCUT2D eigenvalue weighted by Gasteiger charge is 2.62. The molecule has 0 N–H and O–H groups in total. The lowest BCUT2D eigenvalue weighted by Crippen LogP contribution is -2.45. The Morgan fingerprint density at radius 3 is 1.28 bits per heavy atom. The van der Waals surface area contributed by atoms with Gasteiger partial charge in [-0.3, -0.25) is 0 Å². The molecule has 0 aromatic carbocycles. The Morgan fingerprint density at radius 1 is 0.833 bits per heavy atom. The average Bonchev–Trinajstić information content (AvgIpc) is 2.09. The Morgan fingerprint density at radius 2 is 1.11 bits per heavy atom. The van der Waals surface area contributed by atoms with E-state index in [0.29, 0.717) is 0 Å². The molecular weight excluding hydrogens is 338 g/mol. The highest BCUT2D eigenvalue weighted by Crippen LogP contribution is 2.37. The molecule has 0 unspecified atom stereocenters. The summed E-state index contributed by atoms with van der Waals surface area (Å²) in [6, 6.07) is 0. The van der Waals surface area contributed by atoms with Crippen LogP contribution in [0.3, 0.4) is 0 Å². The van der Waals surface area contributed by atoms with Gasteiger partial charge in [0.2, 0.25) is 0 Å². The summed E-state index contributed by atoms with van der Waals surface area (Å²) < 4.78 is 112. The van der Waals surface area contributed by atoms with Crippen molar-refractivity contribution >= 4 is 31.3 Å². The third kappa shape index (κ3) is 3.20. The van der Waals surface area contributed by atoms with E-state index in [4.69, 9.17) is 11.6 Å². The fourth-order valence-electron chi connectivity index (χ4n) is 0.864. The molecule has 0 aliphatic carbocycles. The minimum absolute atomic E-state index is 1.00. The summed E-state index contributed by atoms with van der Waals surface area (Å²) in [5.41, 5.74) is -12.2. The molecule has 0 heterocycles. The summed E-state index contributed by atoms with van der Waals surface area (Å²) in [4.78, 5) is 0. The third-order valence-electron chi connectivity index (χ3n) is 1.68. The minimum Gasteiger partial charge on any atom is -0.218 e. The highest BCUT2D eigenvalue weighted by molar-refractivity contribution is 8.09. The SMILES string of the molecule is O=S(=O)(C(CCCl)S(=O)(=O)C(F)(F)F)C(F)(F)F. The zero-order valence-electron chi connectivity index (χ0n) is 8.09. The van der Waals surface area contributed by atoms with E-state index < -0.39 is 47.6 Å². The van der Waals surface area contributed by atoms with E-state index in [2.05, 4.69) is 0 Å². The Bertz CT molecular complexity index is 445. The van der Waals surface area contributed by atoms with Gasteiger partial charge in [0.25, 0.3) is 19.7 Å². The van der Waals surface area contributed by atoms with Crippen LogP contribution in [0.2, 0.25) is 0 Å². The number of sulfone groups is 2. The van der Waals surface area contributed by atoms with Gasteiger partial charge in [0.05, 0.1) is 0 Å². The molecule has 18 heavy (non-hydrogen) atoms. The van der Waals surface area contributed by atoms with E-state index in [1.165, 1.54) is 0 Å². The molecule has 0 aliphatic rings. The molecule has 0 aliphatic heterocycles. The maximum absolute atomic E-state index is 12.1.